The van der Waals surface area contributed by atoms with Crippen LogP contribution in [0.2, 0.25) is 0 Å². The summed E-state index contributed by atoms with van der Waals surface area (Å²) < 4.78 is 5.33. The molecule has 0 aliphatic rings. The molecule has 0 heterocycles. The minimum absolute atomic E-state index is 0.222. The Hall–Kier alpha value is -2.09. The molecule has 0 saturated carbocycles. The number of carbonyl (C=O) groups is 1. The van der Waals surface area contributed by atoms with Crippen molar-refractivity contribution in [3.63, 3.8) is 0 Å². The fourth-order valence-corrected chi connectivity index (χ4v) is 1.61. The van der Waals surface area contributed by atoms with Gasteiger partial charge in [0.05, 0.1) is 5.41 Å². The van der Waals surface area contributed by atoms with Gasteiger partial charge >= 0.3 is 5.97 Å². The van der Waals surface area contributed by atoms with Gasteiger partial charge in [-0.2, -0.15) is 0 Å². The van der Waals surface area contributed by atoms with E-state index in [0.29, 0.717) is 5.75 Å². The predicted molar refractivity (Wildman–Crippen MR) is 77.0 cm³/mol. The molecule has 0 unspecified atom stereocenters. The van der Waals surface area contributed by atoms with Crippen LogP contribution in [0.5, 0.6) is 5.75 Å². The number of hydrogen-bond acceptors (Lipinski definition) is 2. The van der Waals surface area contributed by atoms with E-state index in [9.17, 15) is 4.79 Å². The molecule has 0 aromatic heterocycles. The van der Waals surface area contributed by atoms with Crippen LogP contribution in [0.15, 0.2) is 54.6 Å². The van der Waals surface area contributed by atoms with Crippen molar-refractivity contribution in [1.29, 1.82) is 0 Å². The van der Waals surface area contributed by atoms with Crippen LogP contribution in [0.25, 0.3) is 11.1 Å². The van der Waals surface area contributed by atoms with Crippen LogP contribution < -0.4 is 4.74 Å². The Morgan fingerprint density at radius 3 is 1.89 bits per heavy atom. The van der Waals surface area contributed by atoms with Gasteiger partial charge in [-0.15, -0.1) is 0 Å². The lowest BCUT2D eigenvalue weighted by molar-refractivity contribution is -0.142. The van der Waals surface area contributed by atoms with Crippen LogP contribution >= 0.6 is 0 Å². The quantitative estimate of drug-likeness (QED) is 0.590. The molecule has 0 N–H and O–H groups in total. The summed E-state index contributed by atoms with van der Waals surface area (Å²) in [6.07, 6.45) is 0. The fourth-order valence-electron chi connectivity index (χ4n) is 1.61. The van der Waals surface area contributed by atoms with Crippen molar-refractivity contribution < 1.29 is 9.53 Å². The van der Waals surface area contributed by atoms with Gasteiger partial charge in [-0.25, -0.2) is 0 Å². The Morgan fingerprint density at radius 1 is 0.842 bits per heavy atom. The smallest absolute Gasteiger partial charge is 0.316 e. The van der Waals surface area contributed by atoms with Crippen molar-refractivity contribution in [2.75, 3.05) is 0 Å². The molecule has 0 amide bonds. The van der Waals surface area contributed by atoms with E-state index in [2.05, 4.69) is 12.1 Å². The zero-order valence-electron chi connectivity index (χ0n) is 11.5. The number of rotatable bonds is 2. The molecular formula is C17H18O2. The van der Waals surface area contributed by atoms with E-state index in [1.807, 2.05) is 63.2 Å². The molecule has 0 aliphatic heterocycles. The SMILES string of the molecule is CC(C)(C)C(=O)Oc1ccc(-c2ccccc2)cc1. The molecule has 0 spiro atoms. The van der Waals surface area contributed by atoms with Gasteiger partial charge in [-0.05, 0) is 44.0 Å². The van der Waals surface area contributed by atoms with Crippen molar-refractivity contribution in [3.8, 4) is 16.9 Å². The summed E-state index contributed by atoms with van der Waals surface area (Å²) in [5.74, 6) is 0.361. The molecule has 2 nitrogen and oxygen atoms in total. The van der Waals surface area contributed by atoms with E-state index in [-0.39, 0.29) is 5.97 Å². The Morgan fingerprint density at radius 2 is 1.37 bits per heavy atom. The summed E-state index contributed by atoms with van der Waals surface area (Å²) in [6.45, 7) is 5.52. The maximum Gasteiger partial charge on any atom is 0.316 e. The monoisotopic (exact) mass is 254 g/mol. The third-order valence-corrected chi connectivity index (χ3v) is 2.78. The lowest BCUT2D eigenvalue weighted by Crippen LogP contribution is -2.25. The standard InChI is InChI=1S/C17H18O2/c1-17(2,3)16(18)19-15-11-9-14(10-12-15)13-7-5-4-6-8-13/h4-12H,1-3H3. The molecule has 19 heavy (non-hydrogen) atoms. The lowest BCUT2D eigenvalue weighted by atomic mass is 9.97. The van der Waals surface area contributed by atoms with Gasteiger partial charge in [-0.1, -0.05) is 42.5 Å². The van der Waals surface area contributed by atoms with Crippen LogP contribution in [-0.4, -0.2) is 5.97 Å². The van der Waals surface area contributed by atoms with Crippen molar-refractivity contribution >= 4 is 5.97 Å². The van der Waals surface area contributed by atoms with Crippen LogP contribution in [-0.2, 0) is 4.79 Å². The molecule has 0 aliphatic carbocycles. The maximum absolute atomic E-state index is 11.8. The zero-order chi connectivity index (χ0) is 13.9. The minimum Gasteiger partial charge on any atom is -0.426 e. The molecule has 2 rings (SSSR count). The fraction of sp³-hybridized carbons (Fsp3) is 0.235. The van der Waals surface area contributed by atoms with Gasteiger partial charge in [-0.3, -0.25) is 4.79 Å². The summed E-state index contributed by atoms with van der Waals surface area (Å²) in [4.78, 5) is 11.8. The summed E-state index contributed by atoms with van der Waals surface area (Å²) in [5, 5.41) is 0. The Labute approximate surface area is 114 Å². The van der Waals surface area contributed by atoms with Crippen molar-refractivity contribution in [2.24, 2.45) is 5.41 Å². The number of ether oxygens (including phenoxy) is 1. The van der Waals surface area contributed by atoms with Crippen molar-refractivity contribution in [2.45, 2.75) is 20.8 Å². The summed E-state index contributed by atoms with van der Waals surface area (Å²) >= 11 is 0. The van der Waals surface area contributed by atoms with Crippen LogP contribution in [0.3, 0.4) is 0 Å². The van der Waals surface area contributed by atoms with Crippen LogP contribution in [0.4, 0.5) is 0 Å². The Kier molecular flexibility index (Phi) is 3.70. The van der Waals surface area contributed by atoms with E-state index in [4.69, 9.17) is 4.74 Å². The van der Waals surface area contributed by atoms with Gasteiger partial charge in [0.2, 0.25) is 0 Å². The second-order valence-corrected chi connectivity index (χ2v) is 5.53. The molecule has 0 atom stereocenters. The first kappa shape index (κ1) is 13.3. The molecule has 0 radical (unpaired) electrons. The van der Waals surface area contributed by atoms with Gasteiger partial charge in [0.1, 0.15) is 5.75 Å². The average molecular weight is 254 g/mol. The third kappa shape index (κ3) is 3.44. The molecule has 2 aromatic rings. The summed E-state index contributed by atoms with van der Waals surface area (Å²) in [5.41, 5.74) is 1.77. The summed E-state index contributed by atoms with van der Waals surface area (Å²) in [7, 11) is 0. The highest BCUT2D eigenvalue weighted by atomic mass is 16.5. The van der Waals surface area contributed by atoms with Crippen LogP contribution in [0, 0.1) is 5.41 Å². The van der Waals surface area contributed by atoms with Crippen LogP contribution in [0.1, 0.15) is 20.8 Å². The number of benzene rings is 2. The van der Waals surface area contributed by atoms with Gasteiger partial charge in [0.25, 0.3) is 0 Å². The third-order valence-electron chi connectivity index (χ3n) is 2.78. The highest BCUT2D eigenvalue weighted by Gasteiger charge is 2.23. The first-order valence-electron chi connectivity index (χ1n) is 6.34. The maximum atomic E-state index is 11.8. The topological polar surface area (TPSA) is 26.3 Å². The predicted octanol–water partition coefficient (Wildman–Crippen LogP) is 4.31. The molecule has 98 valence electrons. The summed E-state index contributed by atoms with van der Waals surface area (Å²) in [6, 6.07) is 17.7. The van der Waals surface area contributed by atoms with Gasteiger partial charge in [0, 0.05) is 0 Å². The zero-order valence-corrected chi connectivity index (χ0v) is 11.5. The molecule has 0 bridgehead atoms. The molecular weight excluding hydrogens is 236 g/mol. The van der Waals surface area contributed by atoms with E-state index in [0.717, 1.165) is 11.1 Å². The number of hydrogen-bond donors (Lipinski definition) is 0. The number of carbonyl (C=O) groups excluding carboxylic acids is 1. The van der Waals surface area contributed by atoms with Gasteiger partial charge < -0.3 is 4.74 Å². The van der Waals surface area contributed by atoms with E-state index < -0.39 is 5.41 Å². The van der Waals surface area contributed by atoms with E-state index in [1.54, 1.807) is 0 Å². The second kappa shape index (κ2) is 5.27. The average Bonchev–Trinajstić information content (AvgIpc) is 2.39. The Balaban J connectivity index is 2.14. The first-order valence-corrected chi connectivity index (χ1v) is 6.34. The van der Waals surface area contributed by atoms with Crippen molar-refractivity contribution in [1.82, 2.24) is 0 Å². The molecule has 2 heteroatoms. The largest absolute Gasteiger partial charge is 0.426 e. The minimum atomic E-state index is -0.488. The molecule has 0 saturated heterocycles. The second-order valence-electron chi connectivity index (χ2n) is 5.53. The van der Waals surface area contributed by atoms with Crippen molar-refractivity contribution in [3.05, 3.63) is 54.6 Å². The number of esters is 1. The van der Waals surface area contributed by atoms with E-state index in [1.165, 1.54) is 0 Å². The van der Waals surface area contributed by atoms with E-state index >= 15 is 0 Å². The Bertz CT molecular complexity index is 548. The normalized spacial score (nSPS) is 11.1. The van der Waals surface area contributed by atoms with Gasteiger partial charge in [0.15, 0.2) is 0 Å². The lowest BCUT2D eigenvalue weighted by Gasteiger charge is -2.16. The molecule has 2 aromatic carbocycles. The first-order chi connectivity index (χ1) is 8.97. The molecule has 0 fully saturated rings. The highest BCUT2D eigenvalue weighted by Crippen LogP contribution is 2.24. The highest BCUT2D eigenvalue weighted by molar-refractivity contribution is 5.78.